The van der Waals surface area contributed by atoms with Gasteiger partial charge in [0.1, 0.15) is 11.6 Å². The third-order valence-corrected chi connectivity index (χ3v) is 2.64. The lowest BCUT2D eigenvalue weighted by Gasteiger charge is -2.13. The zero-order valence-corrected chi connectivity index (χ0v) is 11.2. The summed E-state index contributed by atoms with van der Waals surface area (Å²) in [5.41, 5.74) is 0.987. The first-order valence-corrected chi connectivity index (χ1v) is 6.23. The molecule has 0 bridgehead atoms. The van der Waals surface area contributed by atoms with Crippen LogP contribution in [-0.4, -0.2) is 28.2 Å². The van der Waals surface area contributed by atoms with E-state index >= 15 is 0 Å². The Kier molecular flexibility index (Phi) is 5.35. The molecule has 0 aliphatic rings. The van der Waals surface area contributed by atoms with E-state index < -0.39 is 0 Å². The first-order chi connectivity index (χ1) is 8.02. The summed E-state index contributed by atoms with van der Waals surface area (Å²) in [6.45, 7) is 9.34. The van der Waals surface area contributed by atoms with Crippen LogP contribution < -0.4 is 5.32 Å². The second-order valence-electron chi connectivity index (χ2n) is 4.91. The van der Waals surface area contributed by atoms with Crippen molar-refractivity contribution in [3.05, 3.63) is 17.6 Å². The summed E-state index contributed by atoms with van der Waals surface area (Å²) in [7, 11) is 0. The zero-order valence-electron chi connectivity index (χ0n) is 11.2. The highest BCUT2D eigenvalue weighted by molar-refractivity contribution is 5.36. The topological polar surface area (TPSA) is 58.0 Å². The van der Waals surface area contributed by atoms with Crippen molar-refractivity contribution >= 4 is 5.82 Å². The minimum absolute atomic E-state index is 0.239. The lowest BCUT2D eigenvalue weighted by Crippen LogP contribution is -2.14. The van der Waals surface area contributed by atoms with Crippen LogP contribution in [0.15, 0.2) is 6.07 Å². The van der Waals surface area contributed by atoms with Gasteiger partial charge in [0.05, 0.1) is 0 Å². The van der Waals surface area contributed by atoms with E-state index in [1.165, 1.54) is 0 Å². The van der Waals surface area contributed by atoms with Crippen LogP contribution in [0, 0.1) is 12.8 Å². The van der Waals surface area contributed by atoms with Crippen molar-refractivity contribution in [3.63, 3.8) is 0 Å². The standard InChI is InChI=1S/C13H23N3O/c1-9(2)13-15-11(4)7-12(16-13)14-8-10(3)5-6-17/h7,9-10,17H,5-6,8H2,1-4H3,(H,14,15,16). The minimum atomic E-state index is 0.239. The predicted molar refractivity (Wildman–Crippen MR) is 70.2 cm³/mol. The Labute approximate surface area is 103 Å². The van der Waals surface area contributed by atoms with Gasteiger partial charge in [-0.3, -0.25) is 0 Å². The number of aryl methyl sites for hydroxylation is 1. The molecule has 1 heterocycles. The van der Waals surface area contributed by atoms with Crippen molar-refractivity contribution in [2.24, 2.45) is 5.92 Å². The summed E-state index contributed by atoms with van der Waals surface area (Å²) >= 11 is 0. The number of nitrogens with one attached hydrogen (secondary N) is 1. The Morgan fingerprint density at radius 3 is 2.59 bits per heavy atom. The summed E-state index contributed by atoms with van der Waals surface area (Å²) in [6.07, 6.45) is 0.814. The average Bonchev–Trinajstić information content (AvgIpc) is 2.26. The number of aliphatic hydroxyl groups is 1. The van der Waals surface area contributed by atoms with E-state index in [1.54, 1.807) is 0 Å². The number of aromatic nitrogens is 2. The van der Waals surface area contributed by atoms with Gasteiger partial charge in [0.25, 0.3) is 0 Å². The fourth-order valence-corrected chi connectivity index (χ4v) is 1.54. The number of rotatable bonds is 6. The van der Waals surface area contributed by atoms with Gasteiger partial charge >= 0.3 is 0 Å². The molecule has 0 fully saturated rings. The molecule has 0 saturated carbocycles. The molecule has 0 aliphatic heterocycles. The quantitative estimate of drug-likeness (QED) is 0.797. The molecule has 0 aliphatic carbocycles. The molecule has 17 heavy (non-hydrogen) atoms. The molecule has 1 unspecified atom stereocenters. The van der Waals surface area contributed by atoms with Crippen LogP contribution in [0.2, 0.25) is 0 Å². The van der Waals surface area contributed by atoms with Crippen LogP contribution in [0.4, 0.5) is 5.82 Å². The Bertz CT molecular complexity index is 353. The van der Waals surface area contributed by atoms with Gasteiger partial charge in [-0.15, -0.1) is 0 Å². The summed E-state index contributed by atoms with van der Waals surface area (Å²) in [6, 6.07) is 1.96. The van der Waals surface area contributed by atoms with E-state index in [0.29, 0.717) is 11.8 Å². The summed E-state index contributed by atoms with van der Waals surface area (Å²) in [4.78, 5) is 8.89. The summed E-state index contributed by atoms with van der Waals surface area (Å²) < 4.78 is 0. The van der Waals surface area contributed by atoms with E-state index in [0.717, 1.165) is 30.3 Å². The molecule has 0 saturated heterocycles. The maximum Gasteiger partial charge on any atom is 0.133 e. The number of hydrogen-bond donors (Lipinski definition) is 2. The summed E-state index contributed by atoms with van der Waals surface area (Å²) in [5, 5.41) is 12.1. The molecular formula is C13H23N3O. The fraction of sp³-hybridized carbons (Fsp3) is 0.692. The van der Waals surface area contributed by atoms with Gasteiger partial charge in [0.15, 0.2) is 0 Å². The van der Waals surface area contributed by atoms with E-state index in [-0.39, 0.29) is 6.61 Å². The Balaban J connectivity index is 2.64. The van der Waals surface area contributed by atoms with Crippen LogP contribution in [0.25, 0.3) is 0 Å². The molecule has 1 atom stereocenters. The van der Waals surface area contributed by atoms with E-state index in [2.05, 4.69) is 36.1 Å². The molecule has 4 heteroatoms. The minimum Gasteiger partial charge on any atom is -0.396 e. The average molecular weight is 237 g/mol. The summed E-state index contributed by atoms with van der Waals surface area (Å²) in [5.74, 6) is 2.54. The first-order valence-electron chi connectivity index (χ1n) is 6.23. The Hall–Kier alpha value is -1.16. The molecule has 0 spiro atoms. The SMILES string of the molecule is Cc1cc(NCC(C)CCO)nc(C(C)C)n1. The highest BCUT2D eigenvalue weighted by Gasteiger charge is 2.07. The van der Waals surface area contributed by atoms with Crippen LogP contribution >= 0.6 is 0 Å². The normalized spacial score (nSPS) is 12.8. The third kappa shape index (κ3) is 4.69. The zero-order chi connectivity index (χ0) is 12.8. The molecule has 0 aromatic carbocycles. The maximum atomic E-state index is 8.84. The monoisotopic (exact) mass is 237 g/mol. The van der Waals surface area contributed by atoms with Gasteiger partial charge < -0.3 is 10.4 Å². The van der Waals surface area contributed by atoms with Gasteiger partial charge in [-0.05, 0) is 19.3 Å². The van der Waals surface area contributed by atoms with Crippen molar-refractivity contribution < 1.29 is 5.11 Å². The molecule has 96 valence electrons. The van der Waals surface area contributed by atoms with Crippen LogP contribution in [-0.2, 0) is 0 Å². The van der Waals surface area contributed by atoms with Crippen LogP contribution in [0.5, 0.6) is 0 Å². The highest BCUT2D eigenvalue weighted by Crippen LogP contribution is 2.14. The fourth-order valence-electron chi connectivity index (χ4n) is 1.54. The lowest BCUT2D eigenvalue weighted by atomic mass is 10.1. The number of nitrogens with zero attached hydrogens (tertiary/aromatic N) is 2. The molecule has 4 nitrogen and oxygen atoms in total. The lowest BCUT2D eigenvalue weighted by molar-refractivity contribution is 0.266. The van der Waals surface area contributed by atoms with Crippen molar-refractivity contribution in [1.82, 2.24) is 9.97 Å². The van der Waals surface area contributed by atoms with Gasteiger partial charge in [-0.25, -0.2) is 9.97 Å². The van der Waals surface area contributed by atoms with Crippen LogP contribution in [0.1, 0.15) is 44.6 Å². The third-order valence-electron chi connectivity index (χ3n) is 2.64. The van der Waals surface area contributed by atoms with Crippen molar-refractivity contribution in [2.75, 3.05) is 18.5 Å². The number of aliphatic hydroxyl groups excluding tert-OH is 1. The Morgan fingerprint density at radius 2 is 2.00 bits per heavy atom. The van der Waals surface area contributed by atoms with E-state index in [1.807, 2.05) is 13.0 Å². The van der Waals surface area contributed by atoms with Gasteiger partial charge in [-0.1, -0.05) is 20.8 Å². The smallest absolute Gasteiger partial charge is 0.133 e. The van der Waals surface area contributed by atoms with Crippen LogP contribution in [0.3, 0.4) is 0 Å². The molecular weight excluding hydrogens is 214 g/mol. The molecule has 2 N–H and O–H groups in total. The van der Waals surface area contributed by atoms with Crippen molar-refractivity contribution in [1.29, 1.82) is 0 Å². The van der Waals surface area contributed by atoms with E-state index in [4.69, 9.17) is 5.11 Å². The number of hydrogen-bond acceptors (Lipinski definition) is 4. The molecule has 1 rings (SSSR count). The van der Waals surface area contributed by atoms with Gasteiger partial charge in [0, 0.05) is 30.8 Å². The predicted octanol–water partition coefficient (Wildman–Crippen LogP) is 2.34. The second kappa shape index (κ2) is 6.55. The van der Waals surface area contributed by atoms with Gasteiger partial charge in [0.2, 0.25) is 0 Å². The van der Waals surface area contributed by atoms with Gasteiger partial charge in [-0.2, -0.15) is 0 Å². The first kappa shape index (κ1) is 13.9. The van der Waals surface area contributed by atoms with Crippen molar-refractivity contribution in [2.45, 2.75) is 40.0 Å². The molecule has 1 aromatic heterocycles. The molecule has 0 amide bonds. The molecule has 1 aromatic rings. The highest BCUT2D eigenvalue weighted by atomic mass is 16.3. The Morgan fingerprint density at radius 1 is 1.29 bits per heavy atom. The van der Waals surface area contributed by atoms with Crippen molar-refractivity contribution in [3.8, 4) is 0 Å². The largest absolute Gasteiger partial charge is 0.396 e. The maximum absolute atomic E-state index is 8.84. The number of anilines is 1. The second-order valence-corrected chi connectivity index (χ2v) is 4.91. The van der Waals surface area contributed by atoms with E-state index in [9.17, 15) is 0 Å². The molecule has 0 radical (unpaired) electrons.